The summed E-state index contributed by atoms with van der Waals surface area (Å²) in [6.45, 7) is 14.8. The van der Waals surface area contributed by atoms with Gasteiger partial charge in [-0.15, -0.1) is 0 Å². The minimum atomic E-state index is -4.20. The molecule has 0 heterocycles. The normalized spacial score (nSPS) is 14.3. The first-order valence-corrected chi connectivity index (χ1v) is 9.92. The molecule has 23 heavy (non-hydrogen) atoms. The third-order valence-electron chi connectivity index (χ3n) is 4.71. The van der Waals surface area contributed by atoms with Gasteiger partial charge < -0.3 is 0 Å². The lowest BCUT2D eigenvalue weighted by molar-refractivity contribution is 0.346. The maximum Gasteiger partial charge on any atom is 0.294 e. The van der Waals surface area contributed by atoms with Gasteiger partial charge in [-0.25, -0.2) is 0 Å². The van der Waals surface area contributed by atoms with Gasteiger partial charge in [0.25, 0.3) is 10.1 Å². The molecule has 1 aromatic rings. The highest BCUT2D eigenvalue weighted by Gasteiger charge is 2.24. The summed E-state index contributed by atoms with van der Waals surface area (Å²) in [6, 6.07) is 3.64. The smallest absolute Gasteiger partial charge is 0.282 e. The number of hydrogen-bond acceptors (Lipinski definition) is 2. The fourth-order valence-electron chi connectivity index (χ4n) is 3.13. The van der Waals surface area contributed by atoms with E-state index in [0.717, 1.165) is 24.0 Å². The molecule has 0 saturated carbocycles. The van der Waals surface area contributed by atoms with E-state index in [1.807, 2.05) is 13.0 Å². The van der Waals surface area contributed by atoms with Gasteiger partial charge in [-0.3, -0.25) is 4.55 Å². The van der Waals surface area contributed by atoms with E-state index in [-0.39, 0.29) is 10.3 Å². The van der Waals surface area contributed by atoms with Gasteiger partial charge in [-0.2, -0.15) is 8.42 Å². The minimum absolute atomic E-state index is 0.00669. The summed E-state index contributed by atoms with van der Waals surface area (Å²) in [7, 11) is -4.20. The molecule has 0 aromatic heterocycles. The molecule has 0 spiro atoms. The van der Waals surface area contributed by atoms with Crippen molar-refractivity contribution in [3.63, 3.8) is 0 Å². The average Bonchev–Trinajstić information content (AvgIpc) is 2.38. The van der Waals surface area contributed by atoms with E-state index >= 15 is 0 Å². The standard InChI is InChI=1S/C19H32O3S/c1-8-19(6,7)12-16-11-17(14(4)9-13(2)3)15(5)10-18(16)23(20,21)22/h10-11,13-14H,8-9,12H2,1-7H3,(H,20,21,22). The summed E-state index contributed by atoms with van der Waals surface area (Å²) in [5.74, 6) is 0.954. The van der Waals surface area contributed by atoms with Gasteiger partial charge in [0.05, 0.1) is 4.90 Å². The number of aryl methyl sites for hydroxylation is 1. The van der Waals surface area contributed by atoms with Crippen LogP contribution in [0.15, 0.2) is 17.0 Å². The van der Waals surface area contributed by atoms with Crippen molar-refractivity contribution < 1.29 is 13.0 Å². The third kappa shape index (κ3) is 5.61. The van der Waals surface area contributed by atoms with Crippen LogP contribution >= 0.6 is 0 Å². The topological polar surface area (TPSA) is 54.4 Å². The Balaban J connectivity index is 3.44. The fraction of sp³-hybridized carbons (Fsp3) is 0.684. The molecule has 0 aliphatic carbocycles. The Morgan fingerprint density at radius 3 is 2.17 bits per heavy atom. The van der Waals surface area contributed by atoms with E-state index in [1.54, 1.807) is 6.07 Å². The second kappa shape index (κ2) is 7.35. The molecular weight excluding hydrogens is 308 g/mol. The lowest BCUT2D eigenvalue weighted by Crippen LogP contribution is -2.17. The zero-order chi connectivity index (χ0) is 18.0. The summed E-state index contributed by atoms with van der Waals surface area (Å²) in [5, 5.41) is 0. The molecule has 1 aromatic carbocycles. The van der Waals surface area contributed by atoms with Crippen molar-refractivity contribution in [2.75, 3.05) is 0 Å². The summed E-state index contributed by atoms with van der Waals surface area (Å²) >= 11 is 0. The maximum absolute atomic E-state index is 11.8. The van der Waals surface area contributed by atoms with Crippen molar-refractivity contribution in [2.45, 2.75) is 78.5 Å². The van der Waals surface area contributed by atoms with Crippen molar-refractivity contribution in [1.82, 2.24) is 0 Å². The van der Waals surface area contributed by atoms with E-state index in [4.69, 9.17) is 0 Å². The van der Waals surface area contributed by atoms with Crippen LogP contribution in [0.4, 0.5) is 0 Å². The second-order valence-corrected chi connectivity index (χ2v) is 9.41. The van der Waals surface area contributed by atoms with Crippen molar-refractivity contribution >= 4 is 10.1 Å². The number of rotatable bonds is 7. The van der Waals surface area contributed by atoms with Crippen LogP contribution in [0, 0.1) is 18.3 Å². The molecule has 0 bridgehead atoms. The van der Waals surface area contributed by atoms with Crippen LogP contribution in [0.3, 0.4) is 0 Å². The van der Waals surface area contributed by atoms with Crippen molar-refractivity contribution in [3.8, 4) is 0 Å². The highest BCUT2D eigenvalue weighted by Crippen LogP contribution is 2.34. The molecule has 1 atom stereocenters. The van der Waals surface area contributed by atoms with Crippen LogP contribution < -0.4 is 0 Å². The molecule has 132 valence electrons. The highest BCUT2D eigenvalue weighted by molar-refractivity contribution is 7.85. The summed E-state index contributed by atoms with van der Waals surface area (Å²) < 4.78 is 33.2. The first-order chi connectivity index (χ1) is 10.4. The first kappa shape index (κ1) is 20.2. The molecule has 3 nitrogen and oxygen atoms in total. The van der Waals surface area contributed by atoms with Gasteiger partial charge in [-0.1, -0.05) is 54.0 Å². The Morgan fingerprint density at radius 1 is 1.17 bits per heavy atom. The molecule has 4 heteroatoms. The van der Waals surface area contributed by atoms with Crippen molar-refractivity contribution in [2.24, 2.45) is 11.3 Å². The van der Waals surface area contributed by atoms with E-state index < -0.39 is 10.1 Å². The van der Waals surface area contributed by atoms with Gasteiger partial charge in [0.1, 0.15) is 0 Å². The Hall–Kier alpha value is -0.870. The van der Waals surface area contributed by atoms with Crippen LogP contribution in [0.2, 0.25) is 0 Å². The Bertz CT molecular complexity index is 643. The molecule has 1 rings (SSSR count). The van der Waals surface area contributed by atoms with Gasteiger partial charge in [0, 0.05) is 0 Å². The SMILES string of the molecule is CCC(C)(C)Cc1cc(C(C)CC(C)C)c(C)cc1S(=O)(=O)O. The van der Waals surface area contributed by atoms with Gasteiger partial charge in [0.15, 0.2) is 0 Å². The quantitative estimate of drug-likeness (QED) is 0.679. The molecule has 1 unspecified atom stereocenters. The first-order valence-electron chi connectivity index (χ1n) is 8.48. The van der Waals surface area contributed by atoms with E-state index in [9.17, 15) is 13.0 Å². The van der Waals surface area contributed by atoms with Crippen LogP contribution in [-0.2, 0) is 16.5 Å². The number of hydrogen-bond donors (Lipinski definition) is 1. The Morgan fingerprint density at radius 2 is 1.74 bits per heavy atom. The fourth-order valence-corrected chi connectivity index (χ4v) is 3.92. The summed E-state index contributed by atoms with van der Waals surface area (Å²) in [6.07, 6.45) is 2.64. The molecule has 0 fully saturated rings. The molecule has 0 radical (unpaired) electrons. The molecule has 0 aliphatic rings. The molecule has 0 aliphatic heterocycles. The Kier molecular flexibility index (Phi) is 6.45. The second-order valence-electron chi connectivity index (χ2n) is 8.02. The lowest BCUT2D eigenvalue weighted by atomic mass is 9.81. The Labute approximate surface area is 142 Å². The molecule has 1 N–H and O–H groups in total. The summed E-state index contributed by atoms with van der Waals surface area (Å²) in [5.41, 5.74) is 2.85. The van der Waals surface area contributed by atoms with E-state index in [0.29, 0.717) is 18.3 Å². The van der Waals surface area contributed by atoms with Crippen molar-refractivity contribution in [1.29, 1.82) is 0 Å². The monoisotopic (exact) mass is 340 g/mol. The predicted molar refractivity (Wildman–Crippen MR) is 96.6 cm³/mol. The maximum atomic E-state index is 11.8. The highest BCUT2D eigenvalue weighted by atomic mass is 32.2. The van der Waals surface area contributed by atoms with Gasteiger partial charge in [0.2, 0.25) is 0 Å². The molecular formula is C19H32O3S. The average molecular weight is 341 g/mol. The van der Waals surface area contributed by atoms with Crippen LogP contribution in [0.25, 0.3) is 0 Å². The molecule has 0 saturated heterocycles. The predicted octanol–water partition coefficient (Wildman–Crippen LogP) is 5.37. The van der Waals surface area contributed by atoms with E-state index in [1.165, 1.54) is 5.56 Å². The lowest BCUT2D eigenvalue weighted by Gasteiger charge is -2.26. The third-order valence-corrected chi connectivity index (χ3v) is 5.64. The van der Waals surface area contributed by atoms with E-state index in [2.05, 4.69) is 41.5 Å². The largest absolute Gasteiger partial charge is 0.294 e. The number of benzene rings is 1. The molecule has 0 amide bonds. The van der Waals surface area contributed by atoms with Crippen LogP contribution in [-0.4, -0.2) is 13.0 Å². The zero-order valence-electron chi connectivity index (χ0n) is 15.6. The van der Waals surface area contributed by atoms with Gasteiger partial charge >= 0.3 is 0 Å². The summed E-state index contributed by atoms with van der Waals surface area (Å²) in [4.78, 5) is 0.0667. The van der Waals surface area contributed by atoms with Gasteiger partial charge in [-0.05, 0) is 59.8 Å². The van der Waals surface area contributed by atoms with Crippen molar-refractivity contribution in [3.05, 3.63) is 28.8 Å². The van der Waals surface area contributed by atoms with Crippen LogP contribution in [0.1, 0.15) is 77.0 Å². The minimum Gasteiger partial charge on any atom is -0.282 e. The van der Waals surface area contributed by atoms with Crippen LogP contribution in [0.5, 0.6) is 0 Å². The zero-order valence-corrected chi connectivity index (χ0v) is 16.4.